The summed E-state index contributed by atoms with van der Waals surface area (Å²) in [6.45, 7) is 3.75. The van der Waals surface area contributed by atoms with E-state index in [1.54, 1.807) is 6.07 Å². The van der Waals surface area contributed by atoms with E-state index in [4.69, 9.17) is 34.8 Å². The number of benzene rings is 1. The Morgan fingerprint density at radius 2 is 2.00 bits per heavy atom. The molecule has 0 bridgehead atoms. The van der Waals surface area contributed by atoms with Gasteiger partial charge < -0.3 is 4.90 Å². The average molecular weight is 281 g/mol. The summed E-state index contributed by atoms with van der Waals surface area (Å²) >= 11 is 17.9. The van der Waals surface area contributed by atoms with E-state index in [9.17, 15) is 0 Å². The molecule has 90 valence electrons. The Hall–Kier alpha value is 0.0500. The van der Waals surface area contributed by atoms with E-state index in [2.05, 4.69) is 11.9 Å². The standard InChI is InChI=1S/C12H16Cl3N/c1-9(13)5-6-16(2)8-10-7-11(14)3-4-12(10)15/h3-4,7,9H,5-6,8H2,1-2H3. The Kier molecular flexibility index (Phi) is 5.91. The van der Waals surface area contributed by atoms with Gasteiger partial charge in [-0.15, -0.1) is 11.6 Å². The molecular formula is C12H16Cl3N. The minimum absolute atomic E-state index is 0.206. The molecule has 0 aromatic heterocycles. The Labute approximate surface area is 112 Å². The highest BCUT2D eigenvalue weighted by molar-refractivity contribution is 6.33. The van der Waals surface area contributed by atoms with Gasteiger partial charge in [-0.3, -0.25) is 0 Å². The number of nitrogens with zero attached hydrogens (tertiary/aromatic N) is 1. The molecule has 0 heterocycles. The number of hydrogen-bond donors (Lipinski definition) is 0. The lowest BCUT2D eigenvalue weighted by molar-refractivity contribution is 0.322. The summed E-state index contributed by atoms with van der Waals surface area (Å²) in [5.74, 6) is 0. The zero-order valence-electron chi connectivity index (χ0n) is 9.51. The van der Waals surface area contributed by atoms with Gasteiger partial charge in [-0.1, -0.05) is 23.2 Å². The SMILES string of the molecule is CC(Cl)CCN(C)Cc1cc(Cl)ccc1Cl. The van der Waals surface area contributed by atoms with Crippen LogP contribution in [0.3, 0.4) is 0 Å². The lowest BCUT2D eigenvalue weighted by Crippen LogP contribution is -2.21. The maximum Gasteiger partial charge on any atom is 0.0452 e. The molecule has 0 aliphatic carbocycles. The summed E-state index contributed by atoms with van der Waals surface area (Å²) in [5.41, 5.74) is 1.05. The molecule has 0 spiro atoms. The smallest absolute Gasteiger partial charge is 0.0452 e. The fourth-order valence-corrected chi connectivity index (χ4v) is 1.90. The number of hydrogen-bond acceptors (Lipinski definition) is 1. The molecule has 0 aliphatic rings. The fourth-order valence-electron chi connectivity index (χ4n) is 1.43. The van der Waals surface area contributed by atoms with Crippen LogP contribution in [0.1, 0.15) is 18.9 Å². The summed E-state index contributed by atoms with van der Waals surface area (Å²) < 4.78 is 0. The van der Waals surface area contributed by atoms with Crippen molar-refractivity contribution in [1.82, 2.24) is 4.90 Å². The van der Waals surface area contributed by atoms with Crippen LogP contribution in [-0.4, -0.2) is 23.9 Å². The highest BCUT2D eigenvalue weighted by Crippen LogP contribution is 2.21. The Bertz CT molecular complexity index is 339. The van der Waals surface area contributed by atoms with Crippen molar-refractivity contribution in [1.29, 1.82) is 0 Å². The van der Waals surface area contributed by atoms with Crippen molar-refractivity contribution in [3.05, 3.63) is 33.8 Å². The molecule has 1 aromatic carbocycles. The van der Waals surface area contributed by atoms with Crippen LogP contribution in [0.25, 0.3) is 0 Å². The van der Waals surface area contributed by atoms with Gasteiger partial charge in [0.15, 0.2) is 0 Å². The monoisotopic (exact) mass is 279 g/mol. The van der Waals surface area contributed by atoms with Crippen LogP contribution in [0.2, 0.25) is 10.0 Å². The van der Waals surface area contributed by atoms with E-state index in [0.717, 1.165) is 35.1 Å². The van der Waals surface area contributed by atoms with Gasteiger partial charge in [0.25, 0.3) is 0 Å². The molecule has 1 nitrogen and oxygen atoms in total. The summed E-state index contributed by atoms with van der Waals surface area (Å²) in [5, 5.41) is 1.69. The van der Waals surface area contributed by atoms with Crippen molar-refractivity contribution in [3.63, 3.8) is 0 Å². The first-order valence-electron chi connectivity index (χ1n) is 5.25. The van der Waals surface area contributed by atoms with Crippen molar-refractivity contribution < 1.29 is 0 Å². The molecule has 16 heavy (non-hydrogen) atoms. The van der Waals surface area contributed by atoms with Crippen LogP contribution in [-0.2, 0) is 6.54 Å². The van der Waals surface area contributed by atoms with Gasteiger partial charge in [-0.2, -0.15) is 0 Å². The lowest BCUT2D eigenvalue weighted by atomic mass is 10.2. The van der Waals surface area contributed by atoms with E-state index in [-0.39, 0.29) is 5.38 Å². The van der Waals surface area contributed by atoms with Crippen molar-refractivity contribution >= 4 is 34.8 Å². The van der Waals surface area contributed by atoms with Crippen LogP contribution >= 0.6 is 34.8 Å². The van der Waals surface area contributed by atoms with Gasteiger partial charge in [0, 0.05) is 22.0 Å². The predicted octanol–water partition coefficient (Wildman–Crippen LogP) is 4.44. The summed E-state index contributed by atoms with van der Waals surface area (Å²) in [6.07, 6.45) is 0.968. The van der Waals surface area contributed by atoms with Crippen LogP contribution in [0.4, 0.5) is 0 Å². The van der Waals surface area contributed by atoms with Crippen LogP contribution in [0.15, 0.2) is 18.2 Å². The minimum atomic E-state index is 0.206. The van der Waals surface area contributed by atoms with Crippen LogP contribution < -0.4 is 0 Å². The third-order valence-electron chi connectivity index (χ3n) is 2.36. The van der Waals surface area contributed by atoms with E-state index >= 15 is 0 Å². The molecular weight excluding hydrogens is 264 g/mol. The van der Waals surface area contributed by atoms with Gasteiger partial charge >= 0.3 is 0 Å². The molecule has 0 N–H and O–H groups in total. The zero-order valence-corrected chi connectivity index (χ0v) is 11.8. The molecule has 0 radical (unpaired) electrons. The second-order valence-corrected chi connectivity index (χ2v) is 5.63. The van der Waals surface area contributed by atoms with Gasteiger partial charge in [-0.25, -0.2) is 0 Å². The highest BCUT2D eigenvalue weighted by Gasteiger charge is 2.06. The zero-order chi connectivity index (χ0) is 12.1. The first-order valence-corrected chi connectivity index (χ1v) is 6.45. The summed E-state index contributed by atoms with van der Waals surface area (Å²) in [6, 6.07) is 5.54. The highest BCUT2D eigenvalue weighted by atomic mass is 35.5. The molecule has 0 amide bonds. The normalized spacial score (nSPS) is 13.1. The number of alkyl halides is 1. The molecule has 0 aliphatic heterocycles. The van der Waals surface area contributed by atoms with Gasteiger partial charge in [0.1, 0.15) is 0 Å². The second kappa shape index (κ2) is 6.70. The van der Waals surface area contributed by atoms with E-state index in [0.29, 0.717) is 0 Å². The number of rotatable bonds is 5. The van der Waals surface area contributed by atoms with E-state index in [1.807, 2.05) is 19.1 Å². The van der Waals surface area contributed by atoms with Gasteiger partial charge in [0.05, 0.1) is 0 Å². The number of halogens is 3. The maximum atomic E-state index is 6.09. The van der Waals surface area contributed by atoms with Crippen LogP contribution in [0.5, 0.6) is 0 Å². The molecule has 1 unspecified atom stereocenters. The van der Waals surface area contributed by atoms with Gasteiger partial charge in [-0.05, 0) is 50.7 Å². The molecule has 0 fully saturated rings. The average Bonchev–Trinajstić information content (AvgIpc) is 2.20. The fraction of sp³-hybridized carbons (Fsp3) is 0.500. The predicted molar refractivity (Wildman–Crippen MR) is 72.7 cm³/mol. The first-order chi connectivity index (χ1) is 7.49. The second-order valence-electron chi connectivity index (χ2n) is 4.04. The Morgan fingerprint density at radius 1 is 1.31 bits per heavy atom. The molecule has 4 heteroatoms. The molecule has 0 saturated carbocycles. The Balaban J connectivity index is 2.55. The lowest BCUT2D eigenvalue weighted by Gasteiger charge is -2.18. The molecule has 0 saturated heterocycles. The third-order valence-corrected chi connectivity index (χ3v) is 3.18. The largest absolute Gasteiger partial charge is 0.302 e. The molecule has 1 atom stereocenters. The maximum absolute atomic E-state index is 6.09. The molecule has 1 aromatic rings. The van der Waals surface area contributed by atoms with Crippen molar-refractivity contribution in [3.8, 4) is 0 Å². The third kappa shape index (κ3) is 4.92. The summed E-state index contributed by atoms with van der Waals surface area (Å²) in [7, 11) is 2.05. The first kappa shape index (κ1) is 14.1. The van der Waals surface area contributed by atoms with Crippen LogP contribution in [0, 0.1) is 0 Å². The van der Waals surface area contributed by atoms with Crippen molar-refractivity contribution in [2.24, 2.45) is 0 Å². The van der Waals surface area contributed by atoms with E-state index in [1.165, 1.54) is 0 Å². The van der Waals surface area contributed by atoms with E-state index < -0.39 is 0 Å². The minimum Gasteiger partial charge on any atom is -0.302 e. The quantitative estimate of drug-likeness (QED) is 0.721. The van der Waals surface area contributed by atoms with Crippen molar-refractivity contribution in [2.45, 2.75) is 25.3 Å². The van der Waals surface area contributed by atoms with Crippen molar-refractivity contribution in [2.75, 3.05) is 13.6 Å². The topological polar surface area (TPSA) is 3.24 Å². The van der Waals surface area contributed by atoms with Gasteiger partial charge in [0.2, 0.25) is 0 Å². The molecule has 1 rings (SSSR count). The summed E-state index contributed by atoms with van der Waals surface area (Å²) in [4.78, 5) is 2.19. The Morgan fingerprint density at radius 3 is 2.62 bits per heavy atom.